The number of aryl methyl sites for hydroxylation is 1. The zero-order valence-electron chi connectivity index (χ0n) is 9.62. The molecule has 0 radical (unpaired) electrons. The summed E-state index contributed by atoms with van der Waals surface area (Å²) in [6.07, 6.45) is 3.20. The zero-order chi connectivity index (χ0) is 12.8. The lowest BCUT2D eigenvalue weighted by molar-refractivity contribution is 0.279. The number of hydrogen-bond donors (Lipinski definition) is 2. The van der Waals surface area contributed by atoms with Crippen LogP contribution >= 0.6 is 0 Å². The van der Waals surface area contributed by atoms with Crippen LogP contribution in [0, 0.1) is 11.6 Å². The third-order valence-electron chi connectivity index (χ3n) is 2.41. The molecule has 0 aliphatic heterocycles. The van der Waals surface area contributed by atoms with E-state index in [0.717, 1.165) is 19.3 Å². The number of rotatable bonds is 6. The Balaban J connectivity index is 2.79. The van der Waals surface area contributed by atoms with Crippen LogP contribution in [0.3, 0.4) is 0 Å². The van der Waals surface area contributed by atoms with Crippen LogP contribution in [0.5, 0.6) is 5.75 Å². The Hall–Kier alpha value is -1.14. The van der Waals surface area contributed by atoms with Gasteiger partial charge in [-0.1, -0.05) is 25.8 Å². The second kappa shape index (κ2) is 6.56. The van der Waals surface area contributed by atoms with Gasteiger partial charge in [0.1, 0.15) is 5.75 Å². The molecule has 0 aliphatic rings. The molecular weight excluding hydrogens is 229 g/mol. The summed E-state index contributed by atoms with van der Waals surface area (Å²) < 4.78 is 31.2. The maximum absolute atomic E-state index is 13.5. The first kappa shape index (κ1) is 13.9. The van der Waals surface area contributed by atoms with E-state index in [-0.39, 0.29) is 5.56 Å². The summed E-state index contributed by atoms with van der Waals surface area (Å²) in [4.78, 5) is 0. The first-order valence-electron chi connectivity index (χ1n) is 5.56. The van der Waals surface area contributed by atoms with E-state index < -0.39 is 24.7 Å². The largest absolute Gasteiger partial charge is 0.707 e. The van der Waals surface area contributed by atoms with Crippen molar-refractivity contribution in [2.75, 3.05) is 0 Å². The van der Waals surface area contributed by atoms with E-state index in [4.69, 9.17) is 10.0 Å². The number of hydrogen-bond acceptors (Lipinski definition) is 3. The lowest BCUT2D eigenvalue weighted by atomic mass is 10.1. The third kappa shape index (κ3) is 3.98. The molecular formula is C11H15BF2O3. The average molecular weight is 244 g/mol. The van der Waals surface area contributed by atoms with Gasteiger partial charge in [-0.2, -0.15) is 4.39 Å². The van der Waals surface area contributed by atoms with Gasteiger partial charge >= 0.3 is 7.32 Å². The van der Waals surface area contributed by atoms with Crippen LogP contribution in [0.15, 0.2) is 12.1 Å². The van der Waals surface area contributed by atoms with Gasteiger partial charge in [0.2, 0.25) is 0 Å². The molecule has 0 heterocycles. The van der Waals surface area contributed by atoms with Crippen LogP contribution in [0.4, 0.5) is 8.78 Å². The summed E-state index contributed by atoms with van der Waals surface area (Å²) >= 11 is 0. The Morgan fingerprint density at radius 3 is 2.47 bits per heavy atom. The third-order valence-corrected chi connectivity index (χ3v) is 2.41. The van der Waals surface area contributed by atoms with Crippen molar-refractivity contribution in [3.63, 3.8) is 0 Å². The Kier molecular flexibility index (Phi) is 5.38. The van der Waals surface area contributed by atoms with Crippen LogP contribution in [-0.4, -0.2) is 17.4 Å². The quantitative estimate of drug-likeness (QED) is 0.594. The molecule has 1 rings (SSSR count). The minimum Gasteiger partial charge on any atom is -0.509 e. The Labute approximate surface area is 99.2 Å². The summed E-state index contributed by atoms with van der Waals surface area (Å²) in [5.74, 6) is -2.68. The Morgan fingerprint density at radius 1 is 1.18 bits per heavy atom. The maximum Gasteiger partial charge on any atom is 0.707 e. The van der Waals surface area contributed by atoms with Gasteiger partial charge < -0.3 is 14.7 Å². The van der Waals surface area contributed by atoms with E-state index in [2.05, 4.69) is 4.65 Å². The van der Waals surface area contributed by atoms with Crippen LogP contribution in [0.25, 0.3) is 0 Å². The van der Waals surface area contributed by atoms with Crippen molar-refractivity contribution in [3.05, 3.63) is 29.3 Å². The normalized spacial score (nSPS) is 10.4. The van der Waals surface area contributed by atoms with Gasteiger partial charge in [0, 0.05) is 0 Å². The molecule has 0 atom stereocenters. The van der Waals surface area contributed by atoms with Crippen molar-refractivity contribution >= 4 is 7.32 Å². The molecule has 1 aromatic rings. The van der Waals surface area contributed by atoms with Gasteiger partial charge in [-0.25, -0.2) is 4.39 Å². The second-order valence-corrected chi connectivity index (χ2v) is 3.75. The highest BCUT2D eigenvalue weighted by Crippen LogP contribution is 2.24. The molecule has 2 N–H and O–H groups in total. The monoisotopic (exact) mass is 244 g/mol. The molecule has 0 aromatic heterocycles. The van der Waals surface area contributed by atoms with Crippen molar-refractivity contribution in [1.29, 1.82) is 0 Å². The molecule has 0 bridgehead atoms. The molecule has 0 spiro atoms. The van der Waals surface area contributed by atoms with E-state index in [0.29, 0.717) is 6.42 Å². The van der Waals surface area contributed by atoms with Gasteiger partial charge in [0.15, 0.2) is 11.6 Å². The fourth-order valence-corrected chi connectivity index (χ4v) is 1.53. The fraction of sp³-hybridized carbons (Fsp3) is 0.455. The Bertz CT molecular complexity index is 372. The molecule has 0 aliphatic carbocycles. The molecule has 0 unspecified atom stereocenters. The van der Waals surface area contributed by atoms with Crippen molar-refractivity contribution in [1.82, 2.24) is 0 Å². The predicted molar refractivity (Wildman–Crippen MR) is 60.4 cm³/mol. The molecule has 6 heteroatoms. The summed E-state index contributed by atoms with van der Waals surface area (Å²) in [5, 5.41) is 17.0. The lowest BCUT2D eigenvalue weighted by Crippen LogP contribution is -2.21. The molecule has 17 heavy (non-hydrogen) atoms. The van der Waals surface area contributed by atoms with Crippen LogP contribution in [0.1, 0.15) is 31.7 Å². The van der Waals surface area contributed by atoms with Crippen molar-refractivity contribution in [2.45, 2.75) is 32.6 Å². The molecule has 0 fully saturated rings. The van der Waals surface area contributed by atoms with E-state index >= 15 is 0 Å². The van der Waals surface area contributed by atoms with E-state index in [1.165, 1.54) is 12.1 Å². The molecule has 94 valence electrons. The van der Waals surface area contributed by atoms with Crippen molar-refractivity contribution in [2.24, 2.45) is 0 Å². The predicted octanol–water partition coefficient (Wildman–Crippen LogP) is 2.05. The Morgan fingerprint density at radius 2 is 1.88 bits per heavy atom. The summed E-state index contributed by atoms with van der Waals surface area (Å²) in [6.45, 7) is 2.02. The number of benzene rings is 1. The second-order valence-electron chi connectivity index (χ2n) is 3.75. The lowest BCUT2D eigenvalue weighted by Gasteiger charge is -2.09. The number of unbranched alkanes of at least 4 members (excludes halogenated alkanes) is 2. The SMILES string of the molecule is CCCCCc1ccc(OB(O)O)c(F)c1F. The van der Waals surface area contributed by atoms with Gasteiger partial charge in [-0.3, -0.25) is 0 Å². The van der Waals surface area contributed by atoms with Gasteiger partial charge in [-0.05, 0) is 24.5 Å². The van der Waals surface area contributed by atoms with Gasteiger partial charge in [0.05, 0.1) is 0 Å². The fourth-order valence-electron chi connectivity index (χ4n) is 1.53. The maximum atomic E-state index is 13.5. The zero-order valence-corrected chi connectivity index (χ0v) is 9.62. The van der Waals surface area contributed by atoms with Crippen LogP contribution < -0.4 is 4.65 Å². The highest BCUT2D eigenvalue weighted by molar-refractivity contribution is 6.33. The molecule has 0 saturated heterocycles. The first-order valence-corrected chi connectivity index (χ1v) is 5.56. The highest BCUT2D eigenvalue weighted by Gasteiger charge is 2.19. The summed E-state index contributed by atoms with van der Waals surface area (Å²) in [5.41, 5.74) is 0.274. The topological polar surface area (TPSA) is 49.7 Å². The van der Waals surface area contributed by atoms with E-state index in [1.807, 2.05) is 6.92 Å². The van der Waals surface area contributed by atoms with E-state index in [1.54, 1.807) is 0 Å². The van der Waals surface area contributed by atoms with E-state index in [9.17, 15) is 8.78 Å². The average Bonchev–Trinajstić information content (AvgIpc) is 2.28. The summed E-state index contributed by atoms with van der Waals surface area (Å²) in [6, 6.07) is 2.59. The smallest absolute Gasteiger partial charge is 0.509 e. The first-order chi connectivity index (χ1) is 8.06. The standard InChI is InChI=1S/C11H15BF2O3/c1-2-3-4-5-8-6-7-9(17-12(15)16)11(14)10(8)13/h6-7,15-16H,2-5H2,1H3. The minimum atomic E-state index is -2.16. The van der Waals surface area contributed by atoms with Gasteiger partial charge in [0.25, 0.3) is 0 Å². The molecule has 1 aromatic carbocycles. The minimum absolute atomic E-state index is 0.274. The van der Waals surface area contributed by atoms with Crippen molar-refractivity contribution < 1.29 is 23.5 Å². The van der Waals surface area contributed by atoms with Gasteiger partial charge in [-0.15, -0.1) is 0 Å². The van der Waals surface area contributed by atoms with Crippen LogP contribution in [0.2, 0.25) is 0 Å². The number of halogens is 2. The van der Waals surface area contributed by atoms with Crippen LogP contribution in [-0.2, 0) is 6.42 Å². The molecule has 3 nitrogen and oxygen atoms in total. The van der Waals surface area contributed by atoms with Crippen molar-refractivity contribution in [3.8, 4) is 5.75 Å². The molecule has 0 amide bonds. The highest BCUT2D eigenvalue weighted by atomic mass is 19.2. The molecule has 0 saturated carbocycles. The summed E-state index contributed by atoms with van der Waals surface area (Å²) in [7, 11) is -2.16.